The number of carbonyl (C=O) groups is 2. The van der Waals surface area contributed by atoms with Gasteiger partial charge in [0.25, 0.3) is 0 Å². The number of rotatable bonds is 2. The van der Waals surface area contributed by atoms with Gasteiger partial charge in [-0.05, 0) is 31.6 Å². The summed E-state index contributed by atoms with van der Waals surface area (Å²) in [6, 6.07) is 0.277. The SMILES string of the molecule is CC(=O)N1CCCN(C(=O)CC2CCCC(N)C2)CC1. The molecule has 2 atom stereocenters. The second-order valence-corrected chi connectivity index (χ2v) is 6.24. The van der Waals surface area contributed by atoms with Gasteiger partial charge in [0, 0.05) is 45.6 Å². The lowest BCUT2D eigenvalue weighted by atomic mass is 9.84. The molecule has 5 heteroatoms. The number of nitrogens with two attached hydrogens (primary N) is 1. The second-order valence-electron chi connectivity index (χ2n) is 6.24. The molecule has 0 radical (unpaired) electrons. The van der Waals surface area contributed by atoms with Crippen LogP contribution in [0.3, 0.4) is 0 Å². The summed E-state index contributed by atoms with van der Waals surface area (Å²) >= 11 is 0. The van der Waals surface area contributed by atoms with Gasteiger partial charge in [-0.2, -0.15) is 0 Å². The molecule has 2 N–H and O–H groups in total. The van der Waals surface area contributed by atoms with Crippen LogP contribution in [0.25, 0.3) is 0 Å². The molecule has 1 aliphatic carbocycles. The zero-order valence-electron chi connectivity index (χ0n) is 12.5. The lowest BCUT2D eigenvalue weighted by Gasteiger charge is -2.28. The second kappa shape index (κ2) is 7.07. The molecule has 2 fully saturated rings. The molecule has 1 aliphatic heterocycles. The molecule has 0 spiro atoms. The third-order valence-corrected chi connectivity index (χ3v) is 4.58. The Bertz CT molecular complexity index is 359. The van der Waals surface area contributed by atoms with E-state index in [1.165, 1.54) is 0 Å². The fraction of sp³-hybridized carbons (Fsp3) is 0.867. The maximum absolute atomic E-state index is 12.4. The third kappa shape index (κ3) is 4.20. The van der Waals surface area contributed by atoms with Crippen LogP contribution in [0.5, 0.6) is 0 Å². The minimum absolute atomic E-state index is 0.109. The van der Waals surface area contributed by atoms with Crippen LogP contribution in [-0.2, 0) is 9.59 Å². The first kappa shape index (κ1) is 15.3. The van der Waals surface area contributed by atoms with Gasteiger partial charge in [0.05, 0.1) is 0 Å². The quantitative estimate of drug-likeness (QED) is 0.820. The molecule has 1 saturated heterocycles. The van der Waals surface area contributed by atoms with Crippen molar-refractivity contribution in [3.05, 3.63) is 0 Å². The highest BCUT2D eigenvalue weighted by atomic mass is 16.2. The molecule has 5 nitrogen and oxygen atoms in total. The number of nitrogens with zero attached hydrogens (tertiary/aromatic N) is 2. The van der Waals surface area contributed by atoms with Gasteiger partial charge in [-0.1, -0.05) is 6.42 Å². The number of hydrogen-bond acceptors (Lipinski definition) is 3. The molecule has 1 heterocycles. The Morgan fingerprint density at radius 1 is 1.05 bits per heavy atom. The molecule has 2 aliphatic rings. The van der Waals surface area contributed by atoms with Gasteiger partial charge in [-0.25, -0.2) is 0 Å². The van der Waals surface area contributed by atoms with E-state index in [4.69, 9.17) is 5.73 Å². The van der Waals surface area contributed by atoms with Crippen molar-refractivity contribution < 1.29 is 9.59 Å². The Morgan fingerprint density at radius 2 is 1.75 bits per heavy atom. The summed E-state index contributed by atoms with van der Waals surface area (Å²) in [6.07, 6.45) is 5.88. The molecule has 20 heavy (non-hydrogen) atoms. The van der Waals surface area contributed by atoms with E-state index in [9.17, 15) is 9.59 Å². The van der Waals surface area contributed by atoms with E-state index in [0.29, 0.717) is 25.4 Å². The van der Waals surface area contributed by atoms with Crippen LogP contribution >= 0.6 is 0 Å². The highest BCUT2D eigenvalue weighted by Gasteiger charge is 2.25. The van der Waals surface area contributed by atoms with Crippen molar-refractivity contribution in [1.82, 2.24) is 9.80 Å². The van der Waals surface area contributed by atoms with Gasteiger partial charge in [0.1, 0.15) is 0 Å². The van der Waals surface area contributed by atoms with Crippen molar-refractivity contribution in [2.75, 3.05) is 26.2 Å². The summed E-state index contributed by atoms with van der Waals surface area (Å²) in [4.78, 5) is 27.5. The highest BCUT2D eigenvalue weighted by molar-refractivity contribution is 5.77. The lowest BCUT2D eigenvalue weighted by molar-refractivity contribution is -0.133. The van der Waals surface area contributed by atoms with Crippen molar-refractivity contribution in [2.45, 2.75) is 51.5 Å². The van der Waals surface area contributed by atoms with Crippen LogP contribution in [-0.4, -0.2) is 53.8 Å². The largest absolute Gasteiger partial charge is 0.341 e. The predicted molar refractivity (Wildman–Crippen MR) is 78.0 cm³/mol. The van der Waals surface area contributed by atoms with E-state index < -0.39 is 0 Å². The van der Waals surface area contributed by atoms with Crippen LogP contribution in [0.2, 0.25) is 0 Å². The minimum Gasteiger partial charge on any atom is -0.341 e. The Morgan fingerprint density at radius 3 is 2.45 bits per heavy atom. The Kier molecular flexibility index (Phi) is 5.40. The Balaban J connectivity index is 1.81. The van der Waals surface area contributed by atoms with E-state index in [-0.39, 0.29) is 17.9 Å². The zero-order valence-corrected chi connectivity index (χ0v) is 12.5. The maximum atomic E-state index is 12.4. The average Bonchev–Trinajstić information content (AvgIpc) is 2.64. The van der Waals surface area contributed by atoms with Crippen LogP contribution in [0.4, 0.5) is 0 Å². The van der Waals surface area contributed by atoms with E-state index in [1.807, 2.05) is 9.80 Å². The summed E-state index contributed by atoms with van der Waals surface area (Å²) in [6.45, 7) is 4.50. The van der Waals surface area contributed by atoms with Crippen molar-refractivity contribution in [3.63, 3.8) is 0 Å². The van der Waals surface area contributed by atoms with E-state index >= 15 is 0 Å². The third-order valence-electron chi connectivity index (χ3n) is 4.58. The van der Waals surface area contributed by atoms with Gasteiger partial charge >= 0.3 is 0 Å². The highest BCUT2D eigenvalue weighted by Crippen LogP contribution is 2.26. The van der Waals surface area contributed by atoms with Gasteiger partial charge < -0.3 is 15.5 Å². The fourth-order valence-electron chi connectivity index (χ4n) is 3.38. The Labute approximate surface area is 121 Å². The van der Waals surface area contributed by atoms with Crippen LogP contribution in [0.1, 0.15) is 45.4 Å². The monoisotopic (exact) mass is 281 g/mol. The van der Waals surface area contributed by atoms with E-state index in [2.05, 4.69) is 0 Å². The van der Waals surface area contributed by atoms with Crippen LogP contribution in [0.15, 0.2) is 0 Å². The van der Waals surface area contributed by atoms with Gasteiger partial charge in [0.15, 0.2) is 0 Å². The normalized spacial score (nSPS) is 28.1. The molecule has 2 rings (SSSR count). The molecular weight excluding hydrogens is 254 g/mol. The molecule has 0 aromatic carbocycles. The first-order valence-corrected chi connectivity index (χ1v) is 7.85. The first-order valence-electron chi connectivity index (χ1n) is 7.85. The van der Waals surface area contributed by atoms with E-state index in [0.717, 1.165) is 45.2 Å². The summed E-state index contributed by atoms with van der Waals surface area (Å²) in [5, 5.41) is 0. The smallest absolute Gasteiger partial charge is 0.222 e. The lowest BCUT2D eigenvalue weighted by Crippen LogP contribution is -2.38. The van der Waals surface area contributed by atoms with Crippen molar-refractivity contribution in [3.8, 4) is 0 Å². The topological polar surface area (TPSA) is 66.6 Å². The van der Waals surface area contributed by atoms with Gasteiger partial charge in [-0.15, -0.1) is 0 Å². The maximum Gasteiger partial charge on any atom is 0.222 e. The average molecular weight is 281 g/mol. The summed E-state index contributed by atoms with van der Waals surface area (Å²) in [7, 11) is 0. The number of amides is 2. The first-order chi connectivity index (χ1) is 9.56. The summed E-state index contributed by atoms with van der Waals surface area (Å²) < 4.78 is 0. The molecule has 0 aromatic rings. The van der Waals surface area contributed by atoms with Crippen molar-refractivity contribution in [2.24, 2.45) is 11.7 Å². The molecule has 2 unspecified atom stereocenters. The minimum atomic E-state index is 0.109. The summed E-state index contributed by atoms with van der Waals surface area (Å²) in [5.41, 5.74) is 5.99. The molecule has 0 bridgehead atoms. The van der Waals surface area contributed by atoms with Crippen molar-refractivity contribution in [1.29, 1.82) is 0 Å². The van der Waals surface area contributed by atoms with E-state index in [1.54, 1.807) is 6.92 Å². The Hall–Kier alpha value is -1.10. The molecule has 114 valence electrons. The van der Waals surface area contributed by atoms with Crippen LogP contribution in [0, 0.1) is 5.92 Å². The summed E-state index contributed by atoms with van der Waals surface area (Å²) in [5.74, 6) is 0.811. The van der Waals surface area contributed by atoms with Gasteiger partial charge in [0.2, 0.25) is 11.8 Å². The zero-order chi connectivity index (χ0) is 14.5. The molecule has 1 saturated carbocycles. The molecular formula is C15H27N3O2. The van der Waals surface area contributed by atoms with Crippen molar-refractivity contribution >= 4 is 11.8 Å². The van der Waals surface area contributed by atoms with Crippen LogP contribution < -0.4 is 5.73 Å². The van der Waals surface area contributed by atoms with Gasteiger partial charge in [-0.3, -0.25) is 9.59 Å². The number of hydrogen-bond donors (Lipinski definition) is 1. The number of carbonyl (C=O) groups excluding carboxylic acids is 2. The fourth-order valence-corrected chi connectivity index (χ4v) is 3.38. The molecule has 0 aromatic heterocycles. The molecule has 2 amide bonds. The predicted octanol–water partition coefficient (Wildman–Crippen LogP) is 0.975. The standard InChI is InChI=1S/C15H27N3O2/c1-12(19)17-6-3-7-18(9-8-17)15(20)11-13-4-2-5-14(16)10-13/h13-14H,2-11,16H2,1H3.